The van der Waals surface area contributed by atoms with Crippen molar-refractivity contribution >= 4 is 46.5 Å². The smallest absolute Gasteiger partial charge is 0.313 e. The monoisotopic (exact) mass is 444 g/mol. The van der Waals surface area contributed by atoms with Gasteiger partial charge >= 0.3 is 11.8 Å². The number of hydrogen-bond acceptors (Lipinski definition) is 6. The highest BCUT2D eigenvalue weighted by atomic mass is 35.5. The summed E-state index contributed by atoms with van der Waals surface area (Å²) in [6, 6.07) is 9.88. The van der Waals surface area contributed by atoms with E-state index in [1.165, 1.54) is 11.3 Å². The third kappa shape index (κ3) is 4.52. The fourth-order valence-corrected chi connectivity index (χ4v) is 4.12. The number of carbonyl (C=O) groups excluding carboxylic acids is 2. The van der Waals surface area contributed by atoms with Crippen LogP contribution in [0.1, 0.15) is 17.9 Å². The first-order valence-electron chi connectivity index (χ1n) is 9.19. The van der Waals surface area contributed by atoms with E-state index in [-0.39, 0.29) is 12.1 Å². The van der Waals surface area contributed by atoms with Crippen LogP contribution in [0.3, 0.4) is 0 Å². The molecule has 3 heterocycles. The molecule has 4 rings (SSSR count). The van der Waals surface area contributed by atoms with Crippen LogP contribution in [0.5, 0.6) is 0 Å². The quantitative estimate of drug-likeness (QED) is 0.591. The summed E-state index contributed by atoms with van der Waals surface area (Å²) >= 11 is 7.18. The molecule has 1 aliphatic heterocycles. The van der Waals surface area contributed by atoms with Gasteiger partial charge in [-0.3, -0.25) is 23.9 Å². The molecule has 2 amide bonds. The maximum Gasteiger partial charge on any atom is 0.313 e. The van der Waals surface area contributed by atoms with Gasteiger partial charge in [0.1, 0.15) is 11.5 Å². The van der Waals surface area contributed by atoms with E-state index in [1.807, 2.05) is 0 Å². The topological polar surface area (TPSA) is 106 Å². The summed E-state index contributed by atoms with van der Waals surface area (Å²) in [4.78, 5) is 41.5. The summed E-state index contributed by atoms with van der Waals surface area (Å²) in [6.45, 7) is 1.44. The molecule has 1 aromatic carbocycles. The van der Waals surface area contributed by atoms with Gasteiger partial charge < -0.3 is 15.1 Å². The molecule has 8 nitrogen and oxygen atoms in total. The predicted molar refractivity (Wildman–Crippen MR) is 113 cm³/mol. The fraction of sp³-hybridized carbons (Fsp3) is 0.200. The van der Waals surface area contributed by atoms with E-state index in [0.29, 0.717) is 33.3 Å². The molecule has 0 aliphatic carbocycles. The molecule has 10 heteroatoms. The Morgan fingerprint density at radius 3 is 2.93 bits per heavy atom. The Bertz CT molecular complexity index is 1290. The van der Waals surface area contributed by atoms with Crippen LogP contribution in [0.15, 0.2) is 50.6 Å². The molecule has 0 bridgehead atoms. The van der Waals surface area contributed by atoms with Crippen LogP contribution in [0, 0.1) is 0 Å². The molecule has 0 fully saturated rings. The van der Waals surface area contributed by atoms with Crippen molar-refractivity contribution < 1.29 is 14.0 Å². The number of carbonyl (C=O) groups is 2. The van der Waals surface area contributed by atoms with Gasteiger partial charge in [-0.2, -0.15) is 0 Å². The van der Waals surface area contributed by atoms with Gasteiger partial charge in [-0.25, -0.2) is 0 Å². The second-order valence-corrected chi connectivity index (χ2v) is 7.98. The Balaban J connectivity index is 1.39. The van der Waals surface area contributed by atoms with Gasteiger partial charge in [0.2, 0.25) is 0 Å². The number of anilines is 1. The lowest BCUT2D eigenvalue weighted by atomic mass is 10.3. The predicted octanol–water partition coefficient (Wildman–Crippen LogP) is 1.26. The van der Waals surface area contributed by atoms with Crippen LogP contribution in [-0.2, 0) is 22.7 Å². The van der Waals surface area contributed by atoms with Crippen molar-refractivity contribution in [2.45, 2.75) is 19.5 Å². The third-order valence-corrected chi connectivity index (χ3v) is 5.62. The number of furan rings is 1. The van der Waals surface area contributed by atoms with Crippen LogP contribution in [0.25, 0.3) is 6.08 Å². The van der Waals surface area contributed by atoms with E-state index in [2.05, 4.69) is 15.6 Å². The number of thiazole rings is 1. The number of benzene rings is 1. The van der Waals surface area contributed by atoms with E-state index in [9.17, 15) is 14.4 Å². The van der Waals surface area contributed by atoms with Crippen molar-refractivity contribution in [1.29, 1.82) is 0 Å². The van der Waals surface area contributed by atoms with Crippen molar-refractivity contribution in [2.24, 2.45) is 4.99 Å². The molecule has 0 atom stereocenters. The maximum absolute atomic E-state index is 12.4. The number of hydrogen-bond donors (Lipinski definition) is 2. The van der Waals surface area contributed by atoms with Gasteiger partial charge in [-0.15, -0.1) is 0 Å². The van der Waals surface area contributed by atoms with Gasteiger partial charge in [0.15, 0.2) is 4.80 Å². The molecule has 154 valence electrons. The van der Waals surface area contributed by atoms with Crippen LogP contribution >= 0.6 is 22.9 Å². The summed E-state index contributed by atoms with van der Waals surface area (Å²) in [5, 5.41) is 5.41. The highest BCUT2D eigenvalue weighted by Gasteiger charge is 2.14. The number of aromatic nitrogens is 1. The van der Waals surface area contributed by atoms with Crippen molar-refractivity contribution in [3.05, 3.63) is 72.6 Å². The lowest BCUT2D eigenvalue weighted by Crippen LogP contribution is -2.34. The first-order valence-corrected chi connectivity index (χ1v) is 10.4. The lowest BCUT2D eigenvalue weighted by Gasteiger charge is -2.05. The number of nitrogens with zero attached hydrogens (tertiary/aromatic N) is 2. The van der Waals surface area contributed by atoms with Crippen molar-refractivity contribution in [3.63, 3.8) is 0 Å². The number of fused-ring (bicyclic) bond motifs is 1. The normalized spacial score (nSPS) is 13.4. The summed E-state index contributed by atoms with van der Waals surface area (Å²) in [5.41, 5.74) is 0.344. The number of amides is 2. The van der Waals surface area contributed by atoms with Crippen LogP contribution < -0.4 is 25.5 Å². The minimum Gasteiger partial charge on any atom is -0.460 e. The fourth-order valence-electron chi connectivity index (χ4n) is 2.92. The van der Waals surface area contributed by atoms with E-state index in [1.54, 1.807) is 47.0 Å². The Morgan fingerprint density at radius 1 is 1.27 bits per heavy atom. The second-order valence-electron chi connectivity index (χ2n) is 6.54. The maximum atomic E-state index is 12.4. The Labute approximate surface area is 179 Å². The van der Waals surface area contributed by atoms with Crippen LogP contribution in [-0.4, -0.2) is 22.9 Å². The zero-order chi connectivity index (χ0) is 21.1. The summed E-state index contributed by atoms with van der Waals surface area (Å²) in [5.74, 6) is -0.672. The first kappa shape index (κ1) is 20.1. The highest BCUT2D eigenvalue weighted by Crippen LogP contribution is 2.14. The van der Waals surface area contributed by atoms with Gasteiger partial charge in [-0.05, 0) is 36.8 Å². The van der Waals surface area contributed by atoms with Crippen LogP contribution in [0.4, 0.5) is 5.69 Å². The minimum absolute atomic E-state index is 0.0326. The molecule has 30 heavy (non-hydrogen) atoms. The SMILES string of the molecule is O=C(NCc1ccc(/C=c2/sc3n(c2=O)CCCN=3)o1)C(=O)Nc1cccc(Cl)c1. The van der Waals surface area contributed by atoms with Crippen LogP contribution in [0.2, 0.25) is 5.02 Å². The summed E-state index contributed by atoms with van der Waals surface area (Å²) in [6.07, 6.45) is 2.52. The number of halogens is 1. The molecule has 3 aromatic rings. The zero-order valence-electron chi connectivity index (χ0n) is 15.7. The largest absolute Gasteiger partial charge is 0.460 e. The van der Waals surface area contributed by atoms with Gasteiger partial charge in [0, 0.05) is 29.9 Å². The van der Waals surface area contributed by atoms with Gasteiger partial charge in [0.05, 0.1) is 11.1 Å². The highest BCUT2D eigenvalue weighted by molar-refractivity contribution is 7.07. The molecule has 1 aliphatic rings. The average molecular weight is 445 g/mol. The molecule has 0 spiro atoms. The molecular formula is C20H17ClN4O4S. The van der Waals surface area contributed by atoms with Gasteiger partial charge in [0.25, 0.3) is 5.56 Å². The Hall–Kier alpha value is -3.17. The summed E-state index contributed by atoms with van der Waals surface area (Å²) < 4.78 is 7.86. The lowest BCUT2D eigenvalue weighted by molar-refractivity contribution is -0.136. The van der Waals surface area contributed by atoms with Crippen molar-refractivity contribution in [1.82, 2.24) is 9.88 Å². The van der Waals surface area contributed by atoms with E-state index in [4.69, 9.17) is 16.0 Å². The van der Waals surface area contributed by atoms with E-state index in [0.717, 1.165) is 17.8 Å². The molecule has 2 N–H and O–H groups in total. The molecule has 0 saturated heterocycles. The van der Waals surface area contributed by atoms with Gasteiger partial charge in [-0.1, -0.05) is 29.0 Å². The van der Waals surface area contributed by atoms with E-state index >= 15 is 0 Å². The molecule has 0 unspecified atom stereocenters. The average Bonchev–Trinajstić information content (AvgIpc) is 3.31. The van der Waals surface area contributed by atoms with Crippen molar-refractivity contribution in [3.8, 4) is 0 Å². The second kappa shape index (κ2) is 8.68. The number of nitrogens with one attached hydrogen (secondary N) is 2. The Kier molecular flexibility index (Phi) is 5.82. The van der Waals surface area contributed by atoms with Crippen molar-refractivity contribution in [2.75, 3.05) is 11.9 Å². The Morgan fingerprint density at radius 2 is 2.13 bits per heavy atom. The molecule has 0 radical (unpaired) electrons. The molecular weight excluding hydrogens is 428 g/mol. The first-order chi connectivity index (χ1) is 14.5. The third-order valence-electron chi connectivity index (χ3n) is 4.34. The van der Waals surface area contributed by atoms with E-state index < -0.39 is 11.8 Å². The summed E-state index contributed by atoms with van der Waals surface area (Å²) in [7, 11) is 0. The standard InChI is InChI=1S/C20H17ClN4O4S/c21-12-3-1-4-13(9-12)24-18(27)17(26)23-11-15-6-5-14(29-15)10-16-19(28)25-8-2-7-22-20(25)30-16/h1,3-6,9-10H,2,7-8,11H2,(H,23,26)(H,24,27)/b16-10+. The minimum atomic E-state index is -0.809. The molecule has 0 saturated carbocycles. The molecule has 2 aromatic heterocycles. The zero-order valence-corrected chi connectivity index (χ0v) is 17.3. The number of rotatable bonds is 4.